The Balaban J connectivity index is 1.66. The highest BCUT2D eigenvalue weighted by molar-refractivity contribution is 5.77. The van der Waals surface area contributed by atoms with Gasteiger partial charge in [0.25, 0.3) is 0 Å². The maximum absolute atomic E-state index is 9.38. The molecule has 0 spiro atoms. The molecule has 2 N–H and O–H groups in total. The van der Waals surface area contributed by atoms with Gasteiger partial charge in [0.05, 0.1) is 23.7 Å². The van der Waals surface area contributed by atoms with Gasteiger partial charge in [0, 0.05) is 6.20 Å². The molecule has 0 radical (unpaired) electrons. The van der Waals surface area contributed by atoms with Crippen LogP contribution in [0.5, 0.6) is 0 Å². The van der Waals surface area contributed by atoms with Crippen molar-refractivity contribution >= 4 is 17.0 Å². The second kappa shape index (κ2) is 6.93. The molecule has 0 saturated carbocycles. The molecular formula is C20H19N5O. The van der Waals surface area contributed by atoms with E-state index in [1.54, 1.807) is 12.5 Å². The zero-order chi connectivity index (χ0) is 17.9. The van der Waals surface area contributed by atoms with Crippen molar-refractivity contribution in [3.63, 3.8) is 0 Å². The lowest BCUT2D eigenvalue weighted by Gasteiger charge is -2.14. The van der Waals surface area contributed by atoms with Gasteiger partial charge in [-0.15, -0.1) is 0 Å². The minimum absolute atomic E-state index is 0.00765. The van der Waals surface area contributed by atoms with Gasteiger partial charge in [-0.25, -0.2) is 9.97 Å². The first kappa shape index (κ1) is 16.2. The van der Waals surface area contributed by atoms with Crippen molar-refractivity contribution < 1.29 is 5.11 Å². The summed E-state index contributed by atoms with van der Waals surface area (Å²) in [5, 5.41) is 12.7. The van der Waals surface area contributed by atoms with Crippen LogP contribution in [-0.4, -0.2) is 24.6 Å². The van der Waals surface area contributed by atoms with E-state index in [2.05, 4.69) is 39.3 Å². The van der Waals surface area contributed by atoms with Crippen LogP contribution in [0.3, 0.4) is 0 Å². The zero-order valence-corrected chi connectivity index (χ0v) is 14.4. The molecule has 0 aliphatic carbocycles. The Labute approximate surface area is 151 Å². The molecule has 26 heavy (non-hydrogen) atoms. The Morgan fingerprint density at radius 1 is 1.08 bits per heavy atom. The number of benzene rings is 2. The molecule has 0 aliphatic rings. The van der Waals surface area contributed by atoms with E-state index in [4.69, 9.17) is 0 Å². The van der Waals surface area contributed by atoms with E-state index in [9.17, 15) is 5.11 Å². The maximum Gasteiger partial charge on any atom is 0.225 e. The third-order valence-electron chi connectivity index (χ3n) is 4.33. The molecule has 0 aliphatic heterocycles. The molecule has 1 atom stereocenters. The highest BCUT2D eigenvalue weighted by Gasteiger charge is 2.10. The Morgan fingerprint density at radius 2 is 1.92 bits per heavy atom. The normalized spacial score (nSPS) is 12.2. The fraction of sp³-hybridized carbons (Fsp3) is 0.150. The predicted molar refractivity (Wildman–Crippen MR) is 101 cm³/mol. The van der Waals surface area contributed by atoms with E-state index in [-0.39, 0.29) is 12.6 Å². The topological polar surface area (TPSA) is 75.9 Å². The van der Waals surface area contributed by atoms with Crippen LogP contribution in [0.25, 0.3) is 16.9 Å². The monoisotopic (exact) mass is 345 g/mol. The third-order valence-corrected chi connectivity index (χ3v) is 4.33. The van der Waals surface area contributed by atoms with Crippen LogP contribution in [0.15, 0.2) is 67.1 Å². The number of nitrogens with zero attached hydrogens (tertiary/aromatic N) is 4. The van der Waals surface area contributed by atoms with Crippen LogP contribution < -0.4 is 5.32 Å². The van der Waals surface area contributed by atoms with Crippen molar-refractivity contribution in [1.29, 1.82) is 0 Å². The molecule has 2 aromatic carbocycles. The average molecular weight is 345 g/mol. The summed E-state index contributed by atoms with van der Waals surface area (Å²) in [5.41, 5.74) is 3.76. The number of hydrogen-bond donors (Lipinski definition) is 2. The number of aliphatic hydroxyl groups is 1. The van der Waals surface area contributed by atoms with Crippen LogP contribution in [0.2, 0.25) is 0 Å². The van der Waals surface area contributed by atoms with Gasteiger partial charge in [-0.2, -0.15) is 4.98 Å². The molecule has 0 fully saturated rings. The quantitative estimate of drug-likeness (QED) is 0.579. The Hall–Kier alpha value is -3.25. The van der Waals surface area contributed by atoms with Gasteiger partial charge in [0.15, 0.2) is 0 Å². The summed E-state index contributed by atoms with van der Waals surface area (Å²) >= 11 is 0. The van der Waals surface area contributed by atoms with Crippen molar-refractivity contribution in [2.24, 2.45) is 0 Å². The minimum atomic E-state index is -0.00765. The molecule has 6 heteroatoms. The second-order valence-electron chi connectivity index (χ2n) is 6.11. The van der Waals surface area contributed by atoms with Crippen molar-refractivity contribution in [1.82, 2.24) is 19.5 Å². The highest BCUT2D eigenvalue weighted by Crippen LogP contribution is 2.20. The van der Waals surface area contributed by atoms with Crippen molar-refractivity contribution in [3.05, 3.63) is 78.2 Å². The van der Waals surface area contributed by atoms with Crippen LogP contribution in [0, 0.1) is 0 Å². The Bertz CT molecular complexity index is 1030. The smallest absolute Gasteiger partial charge is 0.225 e. The lowest BCUT2D eigenvalue weighted by molar-refractivity contribution is 0.282. The van der Waals surface area contributed by atoms with E-state index >= 15 is 0 Å². The second-order valence-corrected chi connectivity index (χ2v) is 6.11. The summed E-state index contributed by atoms with van der Waals surface area (Å²) in [7, 11) is 0. The number of rotatable bonds is 5. The minimum Gasteiger partial charge on any atom is -0.392 e. The van der Waals surface area contributed by atoms with Crippen molar-refractivity contribution in [2.45, 2.75) is 19.6 Å². The number of nitrogens with one attached hydrogen (secondary N) is 1. The molecule has 130 valence electrons. The Morgan fingerprint density at radius 3 is 2.73 bits per heavy atom. The number of aliphatic hydroxyl groups excluding tert-OH is 1. The summed E-state index contributed by atoms with van der Waals surface area (Å²) in [5.74, 6) is 1.28. The van der Waals surface area contributed by atoms with Crippen molar-refractivity contribution in [2.75, 3.05) is 5.32 Å². The van der Waals surface area contributed by atoms with Crippen molar-refractivity contribution in [3.8, 4) is 5.82 Å². The maximum atomic E-state index is 9.38. The summed E-state index contributed by atoms with van der Waals surface area (Å²) in [6.45, 7) is 2.07. The van der Waals surface area contributed by atoms with Crippen LogP contribution >= 0.6 is 0 Å². The van der Waals surface area contributed by atoms with Crippen LogP contribution in [0.4, 0.5) is 5.95 Å². The van der Waals surface area contributed by atoms with Gasteiger partial charge in [-0.05, 0) is 36.2 Å². The lowest BCUT2D eigenvalue weighted by atomic mass is 10.1. The fourth-order valence-electron chi connectivity index (χ4n) is 2.91. The van der Waals surface area contributed by atoms with E-state index in [1.807, 2.05) is 47.0 Å². The SMILES string of the molecule is C[C@H](Nc1nccc(-n2cnc3ccc(CO)cc32)n1)c1ccccc1. The standard InChI is InChI=1S/C20H19N5O/c1-14(16-5-3-2-4-6-16)23-20-21-10-9-19(24-20)25-13-22-17-8-7-15(12-26)11-18(17)25/h2-11,13-14,26H,12H2,1H3,(H,21,23,24)/t14-/m0/s1. The van der Waals surface area contributed by atoms with Gasteiger partial charge in [-0.1, -0.05) is 36.4 Å². The summed E-state index contributed by atoms with van der Waals surface area (Å²) in [6, 6.07) is 17.8. The molecule has 2 aromatic heterocycles. The van der Waals surface area contributed by atoms with Gasteiger partial charge < -0.3 is 10.4 Å². The van der Waals surface area contributed by atoms with E-state index in [1.165, 1.54) is 5.56 Å². The van der Waals surface area contributed by atoms with Gasteiger partial charge in [0.2, 0.25) is 5.95 Å². The number of hydrogen-bond acceptors (Lipinski definition) is 5. The molecule has 4 aromatic rings. The molecule has 6 nitrogen and oxygen atoms in total. The first-order valence-corrected chi connectivity index (χ1v) is 8.46. The highest BCUT2D eigenvalue weighted by atomic mass is 16.3. The van der Waals surface area contributed by atoms with E-state index < -0.39 is 0 Å². The first-order valence-electron chi connectivity index (χ1n) is 8.46. The fourth-order valence-corrected chi connectivity index (χ4v) is 2.91. The largest absolute Gasteiger partial charge is 0.392 e. The average Bonchev–Trinajstić information content (AvgIpc) is 3.12. The number of fused-ring (bicyclic) bond motifs is 1. The molecular weight excluding hydrogens is 326 g/mol. The summed E-state index contributed by atoms with van der Waals surface area (Å²) < 4.78 is 1.90. The number of imidazole rings is 1. The van der Waals surface area contributed by atoms with E-state index in [0.717, 1.165) is 22.4 Å². The predicted octanol–water partition coefficient (Wildman–Crippen LogP) is 3.48. The molecule has 0 unspecified atom stereocenters. The number of anilines is 1. The van der Waals surface area contributed by atoms with Gasteiger partial charge >= 0.3 is 0 Å². The number of aromatic nitrogens is 4. The Kier molecular flexibility index (Phi) is 4.33. The first-order chi connectivity index (χ1) is 12.7. The lowest BCUT2D eigenvalue weighted by Crippen LogP contribution is -2.10. The molecule has 0 amide bonds. The molecule has 4 rings (SSSR count). The molecule has 0 saturated heterocycles. The molecule has 2 heterocycles. The molecule has 0 bridgehead atoms. The van der Waals surface area contributed by atoms with E-state index in [0.29, 0.717) is 5.95 Å². The van der Waals surface area contributed by atoms with Crippen LogP contribution in [-0.2, 0) is 6.61 Å². The summed E-state index contributed by atoms with van der Waals surface area (Å²) in [4.78, 5) is 13.4. The third kappa shape index (κ3) is 3.14. The van der Waals surface area contributed by atoms with Crippen LogP contribution in [0.1, 0.15) is 24.1 Å². The van der Waals surface area contributed by atoms with Gasteiger partial charge in [-0.3, -0.25) is 4.57 Å². The zero-order valence-electron chi connectivity index (χ0n) is 14.4. The summed E-state index contributed by atoms with van der Waals surface area (Å²) in [6.07, 6.45) is 3.46. The van der Waals surface area contributed by atoms with Gasteiger partial charge in [0.1, 0.15) is 12.1 Å².